The lowest BCUT2D eigenvalue weighted by Crippen LogP contribution is -2.13. The van der Waals surface area contributed by atoms with Gasteiger partial charge in [-0.1, -0.05) is 29.8 Å². The Balaban J connectivity index is 2.05. The highest BCUT2D eigenvalue weighted by Gasteiger charge is 2.12. The van der Waals surface area contributed by atoms with Crippen molar-refractivity contribution in [3.8, 4) is 5.75 Å². The number of aliphatic hydroxyl groups is 1. The average Bonchev–Trinajstić information content (AvgIpc) is 2.49. The summed E-state index contributed by atoms with van der Waals surface area (Å²) in [6.45, 7) is 0.0519. The van der Waals surface area contributed by atoms with E-state index in [0.717, 1.165) is 17.5 Å². The Morgan fingerprint density at radius 1 is 1.10 bits per heavy atom. The summed E-state index contributed by atoms with van der Waals surface area (Å²) in [5, 5.41) is 10.2. The predicted octanol–water partition coefficient (Wildman–Crippen LogP) is 3.88. The standard InChI is InChI=1S/C17H18ClFO2/c1-21-17-7-4-13(10-16(17)19)9-14(11-20)8-12-2-5-15(18)6-3-12/h2-7,10,14,20H,8-9,11H2,1H3. The van der Waals surface area contributed by atoms with Gasteiger partial charge >= 0.3 is 0 Å². The first kappa shape index (κ1) is 15.8. The molecular formula is C17H18ClFO2. The largest absolute Gasteiger partial charge is 0.494 e. The minimum atomic E-state index is -0.377. The molecular weight excluding hydrogens is 291 g/mol. The molecule has 0 aromatic heterocycles. The molecule has 0 aliphatic rings. The summed E-state index contributed by atoms with van der Waals surface area (Å²) in [6, 6.07) is 12.5. The zero-order chi connectivity index (χ0) is 15.2. The highest BCUT2D eigenvalue weighted by atomic mass is 35.5. The van der Waals surface area contributed by atoms with Crippen LogP contribution in [0.3, 0.4) is 0 Å². The molecule has 0 aliphatic carbocycles. The van der Waals surface area contributed by atoms with Crippen LogP contribution in [-0.4, -0.2) is 18.8 Å². The molecule has 0 amide bonds. The molecule has 0 aliphatic heterocycles. The topological polar surface area (TPSA) is 29.5 Å². The second-order valence-electron chi connectivity index (χ2n) is 5.05. The van der Waals surface area contributed by atoms with Gasteiger partial charge in [-0.15, -0.1) is 0 Å². The van der Waals surface area contributed by atoms with E-state index < -0.39 is 0 Å². The number of hydrogen-bond donors (Lipinski definition) is 1. The van der Waals surface area contributed by atoms with E-state index in [9.17, 15) is 9.50 Å². The summed E-state index contributed by atoms with van der Waals surface area (Å²) >= 11 is 5.85. The summed E-state index contributed by atoms with van der Waals surface area (Å²) in [5.74, 6) is -0.103. The number of halogens is 2. The molecule has 0 heterocycles. The van der Waals surface area contributed by atoms with Crippen LogP contribution in [0.25, 0.3) is 0 Å². The van der Waals surface area contributed by atoms with Gasteiger partial charge in [0.15, 0.2) is 11.6 Å². The predicted molar refractivity (Wildman–Crippen MR) is 82.4 cm³/mol. The highest BCUT2D eigenvalue weighted by Crippen LogP contribution is 2.21. The van der Waals surface area contributed by atoms with E-state index >= 15 is 0 Å². The van der Waals surface area contributed by atoms with Gasteiger partial charge in [0, 0.05) is 11.6 Å². The quantitative estimate of drug-likeness (QED) is 0.877. The Morgan fingerprint density at radius 3 is 2.29 bits per heavy atom. The van der Waals surface area contributed by atoms with Crippen molar-refractivity contribution in [2.45, 2.75) is 12.8 Å². The van der Waals surface area contributed by atoms with Crippen molar-refractivity contribution in [1.29, 1.82) is 0 Å². The van der Waals surface area contributed by atoms with Gasteiger partial charge in [-0.05, 0) is 54.2 Å². The fraction of sp³-hybridized carbons (Fsp3) is 0.294. The van der Waals surface area contributed by atoms with E-state index in [2.05, 4.69) is 0 Å². The van der Waals surface area contributed by atoms with E-state index in [1.54, 1.807) is 6.07 Å². The molecule has 1 atom stereocenters. The van der Waals surface area contributed by atoms with Gasteiger partial charge in [0.2, 0.25) is 0 Å². The molecule has 0 bridgehead atoms. The van der Waals surface area contributed by atoms with E-state index in [4.69, 9.17) is 16.3 Å². The molecule has 112 valence electrons. The van der Waals surface area contributed by atoms with E-state index in [1.165, 1.54) is 13.2 Å². The van der Waals surface area contributed by atoms with Crippen LogP contribution in [0, 0.1) is 11.7 Å². The summed E-state index contributed by atoms with van der Waals surface area (Å²) in [7, 11) is 1.44. The van der Waals surface area contributed by atoms with E-state index in [0.29, 0.717) is 11.4 Å². The van der Waals surface area contributed by atoms with Gasteiger partial charge < -0.3 is 9.84 Å². The number of methoxy groups -OCH3 is 1. The third-order valence-corrected chi connectivity index (χ3v) is 3.69. The van der Waals surface area contributed by atoms with Gasteiger partial charge in [0.25, 0.3) is 0 Å². The van der Waals surface area contributed by atoms with E-state index in [-0.39, 0.29) is 24.1 Å². The van der Waals surface area contributed by atoms with Crippen molar-refractivity contribution in [1.82, 2.24) is 0 Å². The maximum atomic E-state index is 13.7. The first-order valence-corrected chi connectivity index (χ1v) is 7.18. The monoisotopic (exact) mass is 308 g/mol. The van der Waals surface area contributed by atoms with Gasteiger partial charge in [0.1, 0.15) is 0 Å². The fourth-order valence-electron chi connectivity index (χ4n) is 2.33. The average molecular weight is 309 g/mol. The zero-order valence-electron chi connectivity index (χ0n) is 11.9. The minimum Gasteiger partial charge on any atom is -0.494 e. The van der Waals surface area contributed by atoms with E-state index in [1.807, 2.05) is 30.3 Å². The number of hydrogen-bond acceptors (Lipinski definition) is 2. The van der Waals surface area contributed by atoms with Crippen molar-refractivity contribution < 1.29 is 14.2 Å². The van der Waals surface area contributed by atoms with Crippen LogP contribution in [0.15, 0.2) is 42.5 Å². The zero-order valence-corrected chi connectivity index (χ0v) is 12.6. The lowest BCUT2D eigenvalue weighted by molar-refractivity contribution is 0.225. The maximum Gasteiger partial charge on any atom is 0.165 e. The second kappa shape index (κ2) is 7.43. The van der Waals surface area contributed by atoms with Crippen molar-refractivity contribution in [2.24, 2.45) is 5.92 Å². The summed E-state index contributed by atoms with van der Waals surface area (Å²) < 4.78 is 18.6. The summed E-state index contributed by atoms with van der Waals surface area (Å²) in [5.41, 5.74) is 1.95. The van der Waals surface area contributed by atoms with Gasteiger partial charge in [-0.2, -0.15) is 0 Å². The SMILES string of the molecule is COc1ccc(CC(CO)Cc2ccc(Cl)cc2)cc1F. The molecule has 2 rings (SSSR count). The third kappa shape index (κ3) is 4.45. The summed E-state index contributed by atoms with van der Waals surface area (Å²) in [6.07, 6.45) is 1.33. The molecule has 0 fully saturated rings. The Hall–Kier alpha value is -1.58. The van der Waals surface area contributed by atoms with Crippen molar-refractivity contribution in [2.75, 3.05) is 13.7 Å². The summed E-state index contributed by atoms with van der Waals surface area (Å²) in [4.78, 5) is 0. The first-order valence-electron chi connectivity index (χ1n) is 6.80. The molecule has 0 saturated heterocycles. The van der Waals surface area contributed by atoms with Gasteiger partial charge in [-0.3, -0.25) is 0 Å². The Kier molecular flexibility index (Phi) is 5.59. The minimum absolute atomic E-state index is 0.0407. The van der Waals surface area contributed by atoms with Crippen LogP contribution in [0.1, 0.15) is 11.1 Å². The molecule has 0 radical (unpaired) electrons. The number of aliphatic hydroxyl groups excluding tert-OH is 1. The van der Waals surface area contributed by atoms with Crippen LogP contribution in [0.4, 0.5) is 4.39 Å². The van der Waals surface area contributed by atoms with Crippen LogP contribution in [0.5, 0.6) is 5.75 Å². The maximum absolute atomic E-state index is 13.7. The molecule has 2 nitrogen and oxygen atoms in total. The van der Waals surface area contributed by atoms with Crippen LogP contribution < -0.4 is 4.74 Å². The normalized spacial score (nSPS) is 12.2. The Labute approximate surface area is 129 Å². The Bertz CT molecular complexity index is 584. The molecule has 21 heavy (non-hydrogen) atoms. The van der Waals surface area contributed by atoms with Crippen LogP contribution in [-0.2, 0) is 12.8 Å². The van der Waals surface area contributed by atoms with Crippen molar-refractivity contribution in [3.05, 3.63) is 64.4 Å². The smallest absolute Gasteiger partial charge is 0.165 e. The Morgan fingerprint density at radius 2 is 1.71 bits per heavy atom. The van der Waals surface area contributed by atoms with Crippen LogP contribution >= 0.6 is 11.6 Å². The molecule has 0 spiro atoms. The van der Waals surface area contributed by atoms with Gasteiger partial charge in [0.05, 0.1) is 7.11 Å². The number of rotatable bonds is 6. The van der Waals surface area contributed by atoms with Crippen LogP contribution in [0.2, 0.25) is 5.02 Å². The van der Waals surface area contributed by atoms with Crippen molar-refractivity contribution >= 4 is 11.6 Å². The number of ether oxygens (including phenoxy) is 1. The molecule has 2 aromatic carbocycles. The molecule has 1 unspecified atom stereocenters. The molecule has 0 saturated carbocycles. The van der Waals surface area contributed by atoms with Gasteiger partial charge in [-0.25, -0.2) is 4.39 Å². The lowest BCUT2D eigenvalue weighted by Gasteiger charge is -2.15. The fourth-order valence-corrected chi connectivity index (χ4v) is 2.45. The third-order valence-electron chi connectivity index (χ3n) is 3.44. The lowest BCUT2D eigenvalue weighted by atomic mass is 9.93. The highest BCUT2D eigenvalue weighted by molar-refractivity contribution is 6.30. The molecule has 1 N–H and O–H groups in total. The second-order valence-corrected chi connectivity index (χ2v) is 5.49. The molecule has 4 heteroatoms. The number of benzene rings is 2. The first-order chi connectivity index (χ1) is 10.1. The molecule has 2 aromatic rings. The van der Waals surface area contributed by atoms with Crippen molar-refractivity contribution in [3.63, 3.8) is 0 Å².